The van der Waals surface area contributed by atoms with E-state index in [9.17, 15) is 13.2 Å². The molecule has 1 aliphatic rings. The molecule has 1 unspecified atom stereocenters. The molecule has 90 valence electrons. The number of fused-ring (bicyclic) bond motifs is 1. The van der Waals surface area contributed by atoms with Crippen molar-refractivity contribution in [3.8, 4) is 0 Å². The van der Waals surface area contributed by atoms with Gasteiger partial charge in [-0.05, 0) is 18.7 Å². The van der Waals surface area contributed by atoms with Gasteiger partial charge in [-0.2, -0.15) is 13.2 Å². The molecule has 6 heteroatoms. The van der Waals surface area contributed by atoms with Crippen molar-refractivity contribution in [2.75, 3.05) is 20.2 Å². The molecule has 2 heterocycles. The molecule has 0 aliphatic carbocycles. The van der Waals surface area contributed by atoms with Crippen LogP contribution in [-0.2, 0) is 17.3 Å². The summed E-state index contributed by atoms with van der Waals surface area (Å²) in [6, 6.07) is 1.22. The van der Waals surface area contributed by atoms with Crippen molar-refractivity contribution < 1.29 is 17.9 Å². The van der Waals surface area contributed by atoms with E-state index in [1.807, 2.05) is 0 Å². The van der Waals surface area contributed by atoms with Gasteiger partial charge in [0.1, 0.15) is 4.88 Å². The lowest BCUT2D eigenvalue weighted by Crippen LogP contribution is -2.24. The number of rotatable bonds is 2. The van der Waals surface area contributed by atoms with E-state index in [1.54, 1.807) is 7.05 Å². The summed E-state index contributed by atoms with van der Waals surface area (Å²) in [6.45, 7) is 1.04. The smallest absolute Gasteiger partial charge is 0.372 e. The summed E-state index contributed by atoms with van der Waals surface area (Å²) < 4.78 is 43.1. The monoisotopic (exact) mass is 251 g/mol. The normalized spacial score (nSPS) is 20.9. The zero-order valence-electron chi connectivity index (χ0n) is 8.73. The molecule has 0 amide bonds. The second-order valence-corrected chi connectivity index (χ2v) is 4.79. The van der Waals surface area contributed by atoms with Gasteiger partial charge in [0.05, 0.1) is 12.7 Å². The number of hydrogen-bond donors (Lipinski definition) is 1. The molecule has 0 radical (unpaired) electrons. The fraction of sp³-hybridized carbons (Fsp3) is 0.600. The van der Waals surface area contributed by atoms with Crippen LogP contribution in [0.5, 0.6) is 0 Å². The van der Waals surface area contributed by atoms with E-state index < -0.39 is 11.1 Å². The van der Waals surface area contributed by atoms with E-state index in [1.165, 1.54) is 6.07 Å². The van der Waals surface area contributed by atoms with Crippen molar-refractivity contribution >= 4 is 11.3 Å². The standard InChI is InChI=1S/C10H12F3NOS/c1-14-5-7-6-4-9(10(11,12)13)16-8(6)2-3-15-7/h4,7,14H,2-3,5H2,1H3. The van der Waals surface area contributed by atoms with E-state index >= 15 is 0 Å². The van der Waals surface area contributed by atoms with E-state index in [4.69, 9.17) is 4.74 Å². The van der Waals surface area contributed by atoms with Crippen LogP contribution in [-0.4, -0.2) is 20.2 Å². The first-order chi connectivity index (χ1) is 7.52. The maximum atomic E-state index is 12.5. The Kier molecular flexibility index (Phi) is 3.23. The summed E-state index contributed by atoms with van der Waals surface area (Å²) in [5.74, 6) is 0. The molecule has 16 heavy (non-hydrogen) atoms. The summed E-state index contributed by atoms with van der Waals surface area (Å²) in [6.07, 6.45) is -3.91. The molecule has 1 aromatic rings. The number of nitrogens with one attached hydrogen (secondary N) is 1. The Labute approximate surface area is 95.4 Å². The largest absolute Gasteiger partial charge is 0.425 e. The zero-order valence-corrected chi connectivity index (χ0v) is 9.54. The lowest BCUT2D eigenvalue weighted by molar-refractivity contribution is -0.134. The van der Waals surface area contributed by atoms with Crippen LogP contribution in [0.3, 0.4) is 0 Å². The number of thiophene rings is 1. The minimum atomic E-state index is -4.24. The van der Waals surface area contributed by atoms with Gasteiger partial charge in [-0.25, -0.2) is 0 Å². The first-order valence-corrected chi connectivity index (χ1v) is 5.80. The Morgan fingerprint density at radius 3 is 2.94 bits per heavy atom. The molecular formula is C10H12F3NOS. The van der Waals surface area contributed by atoms with E-state index in [0.29, 0.717) is 25.1 Å². The van der Waals surface area contributed by atoms with E-state index in [2.05, 4.69) is 5.32 Å². The van der Waals surface area contributed by atoms with Crippen LogP contribution in [0.2, 0.25) is 0 Å². The van der Waals surface area contributed by atoms with Crippen LogP contribution in [0.4, 0.5) is 13.2 Å². The number of alkyl halides is 3. The van der Waals surface area contributed by atoms with E-state index in [-0.39, 0.29) is 6.10 Å². The number of hydrogen-bond acceptors (Lipinski definition) is 3. The quantitative estimate of drug-likeness (QED) is 0.872. The number of halogens is 3. The lowest BCUT2D eigenvalue weighted by Gasteiger charge is -2.22. The third kappa shape index (κ3) is 2.23. The van der Waals surface area contributed by atoms with Crippen molar-refractivity contribution in [3.63, 3.8) is 0 Å². The zero-order chi connectivity index (χ0) is 11.8. The Bertz CT molecular complexity index is 375. The maximum absolute atomic E-state index is 12.5. The predicted octanol–water partition coefficient (Wildman–Crippen LogP) is 2.60. The van der Waals surface area contributed by atoms with Gasteiger partial charge >= 0.3 is 6.18 Å². The molecular weight excluding hydrogens is 239 g/mol. The van der Waals surface area contributed by atoms with Crippen molar-refractivity contribution in [1.29, 1.82) is 0 Å². The molecule has 1 aromatic heterocycles. The Morgan fingerprint density at radius 2 is 2.31 bits per heavy atom. The molecule has 0 saturated heterocycles. The molecule has 1 atom stereocenters. The van der Waals surface area contributed by atoms with Crippen LogP contribution >= 0.6 is 11.3 Å². The fourth-order valence-corrected chi connectivity index (χ4v) is 2.85. The van der Waals surface area contributed by atoms with Crippen LogP contribution < -0.4 is 5.32 Å². The van der Waals surface area contributed by atoms with Crippen molar-refractivity contribution in [1.82, 2.24) is 5.32 Å². The van der Waals surface area contributed by atoms with Crippen LogP contribution in [0, 0.1) is 0 Å². The third-order valence-corrected chi connectivity index (χ3v) is 3.76. The van der Waals surface area contributed by atoms with E-state index in [0.717, 1.165) is 16.2 Å². The summed E-state index contributed by atoms with van der Waals surface area (Å²) in [5, 5.41) is 2.92. The van der Waals surface area contributed by atoms with Gasteiger partial charge in [0.2, 0.25) is 0 Å². The highest BCUT2D eigenvalue weighted by Crippen LogP contribution is 2.41. The van der Waals surface area contributed by atoms with Crippen molar-refractivity contribution in [2.45, 2.75) is 18.7 Å². The number of likely N-dealkylation sites (N-methyl/N-ethyl adjacent to an activating group) is 1. The summed E-state index contributed by atoms with van der Waals surface area (Å²) >= 11 is 0.839. The molecule has 1 aliphatic heterocycles. The Morgan fingerprint density at radius 1 is 1.56 bits per heavy atom. The molecule has 0 bridgehead atoms. The summed E-state index contributed by atoms with van der Waals surface area (Å²) in [7, 11) is 1.76. The first kappa shape index (κ1) is 11.9. The molecule has 0 fully saturated rings. The second-order valence-electron chi connectivity index (χ2n) is 3.65. The van der Waals surface area contributed by atoms with Crippen LogP contribution in [0.25, 0.3) is 0 Å². The highest BCUT2D eigenvalue weighted by molar-refractivity contribution is 7.12. The maximum Gasteiger partial charge on any atom is 0.425 e. The van der Waals surface area contributed by atoms with Gasteiger partial charge < -0.3 is 10.1 Å². The molecule has 0 saturated carbocycles. The molecule has 0 spiro atoms. The molecule has 0 aromatic carbocycles. The van der Waals surface area contributed by atoms with Gasteiger partial charge in [0.15, 0.2) is 0 Å². The average molecular weight is 251 g/mol. The lowest BCUT2D eigenvalue weighted by atomic mass is 10.1. The van der Waals surface area contributed by atoms with Gasteiger partial charge in [-0.3, -0.25) is 0 Å². The van der Waals surface area contributed by atoms with Crippen LogP contribution in [0.15, 0.2) is 6.07 Å². The van der Waals surface area contributed by atoms with Gasteiger partial charge in [0, 0.05) is 17.8 Å². The Balaban J connectivity index is 2.31. The topological polar surface area (TPSA) is 21.3 Å². The first-order valence-electron chi connectivity index (χ1n) is 4.98. The average Bonchev–Trinajstić information content (AvgIpc) is 2.62. The summed E-state index contributed by atoms with van der Waals surface area (Å²) in [5.41, 5.74) is 0.693. The minimum Gasteiger partial charge on any atom is -0.372 e. The highest BCUT2D eigenvalue weighted by atomic mass is 32.1. The third-order valence-electron chi connectivity index (χ3n) is 2.51. The van der Waals surface area contributed by atoms with Gasteiger partial charge in [-0.15, -0.1) is 11.3 Å². The molecule has 2 nitrogen and oxygen atoms in total. The molecule has 1 N–H and O–H groups in total. The van der Waals surface area contributed by atoms with Crippen LogP contribution in [0.1, 0.15) is 21.4 Å². The second kappa shape index (κ2) is 4.35. The highest BCUT2D eigenvalue weighted by Gasteiger charge is 2.35. The predicted molar refractivity (Wildman–Crippen MR) is 55.6 cm³/mol. The van der Waals surface area contributed by atoms with Gasteiger partial charge in [0.25, 0.3) is 0 Å². The minimum absolute atomic E-state index is 0.249. The Hall–Kier alpha value is -0.590. The van der Waals surface area contributed by atoms with Crippen molar-refractivity contribution in [3.05, 3.63) is 21.4 Å². The number of ether oxygens (including phenoxy) is 1. The van der Waals surface area contributed by atoms with Gasteiger partial charge in [-0.1, -0.05) is 0 Å². The molecule has 2 rings (SSSR count). The summed E-state index contributed by atoms with van der Waals surface area (Å²) in [4.78, 5) is 0.280. The fourth-order valence-electron chi connectivity index (χ4n) is 1.79. The SMILES string of the molecule is CNCC1OCCc2sc(C(F)(F)F)cc21. The van der Waals surface area contributed by atoms with Crippen molar-refractivity contribution in [2.24, 2.45) is 0 Å².